The first-order valence-electron chi connectivity index (χ1n) is 26.0. The van der Waals surface area contributed by atoms with E-state index in [0.717, 1.165) is 25.2 Å². The number of unbranched alkanes of at least 4 members (excludes halogenated alkanes) is 16. The van der Waals surface area contributed by atoms with E-state index in [2.05, 4.69) is 38.1 Å². The molecule has 0 spiro atoms. The normalized spacial score (nSPS) is 11.6. The Balaban J connectivity index is 1.64. The molecule has 0 bridgehead atoms. The highest BCUT2D eigenvalue weighted by atomic mass is 16.6. The molecule has 65 heavy (non-hydrogen) atoms. The minimum atomic E-state index is 0.512. The van der Waals surface area contributed by atoms with Crippen LogP contribution in [-0.2, 0) is 63.3 Å². The summed E-state index contributed by atoms with van der Waals surface area (Å²) in [4.78, 5) is 0. The van der Waals surface area contributed by atoms with Crippen molar-refractivity contribution in [1.29, 1.82) is 0 Å². The lowest BCUT2D eigenvalue weighted by Gasteiger charge is -2.09. The van der Waals surface area contributed by atoms with Crippen LogP contribution in [0.25, 0.3) is 0 Å². The summed E-state index contributed by atoms with van der Waals surface area (Å²) in [5, 5.41) is 0. The molecule has 13 nitrogen and oxygen atoms in total. The highest BCUT2D eigenvalue weighted by molar-refractivity contribution is 5.27. The largest absolute Gasteiger partial charge is 0.491 e. The van der Waals surface area contributed by atoms with Gasteiger partial charge in [0, 0.05) is 6.61 Å². The Labute approximate surface area is 397 Å². The van der Waals surface area contributed by atoms with E-state index in [1.165, 1.54) is 115 Å². The second kappa shape index (κ2) is 55.1. The van der Waals surface area contributed by atoms with Crippen molar-refractivity contribution in [3.63, 3.8) is 0 Å². The second-order valence-electron chi connectivity index (χ2n) is 16.2. The first-order valence-corrected chi connectivity index (χ1v) is 26.0. The van der Waals surface area contributed by atoms with Gasteiger partial charge in [-0.05, 0) is 37.0 Å². The minimum Gasteiger partial charge on any atom is -0.491 e. The second-order valence-corrected chi connectivity index (χ2v) is 16.2. The number of ether oxygens (including phenoxy) is 13. The fourth-order valence-electron chi connectivity index (χ4n) is 6.65. The Kier molecular flexibility index (Phi) is 52.2. The number of hydrogen-bond acceptors (Lipinski definition) is 13. The Bertz CT molecular complexity index is 1010. The summed E-state index contributed by atoms with van der Waals surface area (Å²) in [5.74, 6) is 0.888. The average Bonchev–Trinajstić information content (AvgIpc) is 3.32. The van der Waals surface area contributed by atoms with Crippen molar-refractivity contribution in [2.24, 2.45) is 0 Å². The predicted octanol–water partition coefficient (Wildman–Crippen LogP) is 9.87. The molecule has 1 rings (SSSR count). The van der Waals surface area contributed by atoms with E-state index in [4.69, 9.17) is 61.6 Å². The lowest BCUT2D eigenvalue weighted by molar-refractivity contribution is -0.0285. The number of rotatable bonds is 57. The molecule has 0 heterocycles. The van der Waals surface area contributed by atoms with E-state index >= 15 is 0 Å². The molecule has 13 heteroatoms. The van der Waals surface area contributed by atoms with E-state index < -0.39 is 0 Å². The van der Waals surface area contributed by atoms with Crippen LogP contribution >= 0.6 is 0 Å². The smallest absolute Gasteiger partial charge is 0.119 e. The van der Waals surface area contributed by atoms with Crippen molar-refractivity contribution in [3.05, 3.63) is 29.8 Å². The molecule has 0 amide bonds. The summed E-state index contributed by atoms with van der Waals surface area (Å²) in [6.07, 6.45) is 25.4. The van der Waals surface area contributed by atoms with Gasteiger partial charge in [0.25, 0.3) is 0 Å². The SMILES string of the molecule is CCCCCCCCCCCCCOCCOCCOCCOCCOCCOCCOCCOCCOCCOCCOCCOCCOc1ccc(CCCCCCCCC)cc1. The first kappa shape index (κ1) is 61.6. The zero-order chi connectivity index (χ0) is 46.3. The molecule has 1 aromatic carbocycles. The lowest BCUT2D eigenvalue weighted by atomic mass is 10.0. The molecule has 1 aromatic rings. The third-order valence-corrected chi connectivity index (χ3v) is 10.5. The first-order chi connectivity index (χ1) is 32.4. The predicted molar refractivity (Wildman–Crippen MR) is 260 cm³/mol. The zero-order valence-electron chi connectivity index (χ0n) is 41.7. The van der Waals surface area contributed by atoms with Crippen LogP contribution in [0.4, 0.5) is 0 Å². The van der Waals surface area contributed by atoms with Crippen molar-refractivity contribution in [2.75, 3.05) is 165 Å². The van der Waals surface area contributed by atoms with E-state index in [-0.39, 0.29) is 0 Å². The number of benzene rings is 1. The van der Waals surface area contributed by atoms with Crippen molar-refractivity contribution in [2.45, 2.75) is 136 Å². The highest BCUT2D eigenvalue weighted by Crippen LogP contribution is 2.16. The molecule has 0 unspecified atom stereocenters. The van der Waals surface area contributed by atoms with Crippen LogP contribution in [-0.4, -0.2) is 165 Å². The maximum atomic E-state index is 5.80. The van der Waals surface area contributed by atoms with Gasteiger partial charge < -0.3 is 61.6 Å². The number of aryl methyl sites for hydroxylation is 1. The van der Waals surface area contributed by atoms with Crippen LogP contribution in [0.3, 0.4) is 0 Å². The van der Waals surface area contributed by atoms with Gasteiger partial charge in [-0.25, -0.2) is 0 Å². The molecule has 0 fully saturated rings. The van der Waals surface area contributed by atoms with Gasteiger partial charge in [-0.3, -0.25) is 0 Å². The van der Waals surface area contributed by atoms with Crippen molar-refractivity contribution in [1.82, 2.24) is 0 Å². The molecule has 0 saturated carbocycles. The molecule has 0 N–H and O–H groups in total. The van der Waals surface area contributed by atoms with Gasteiger partial charge in [0.15, 0.2) is 0 Å². The summed E-state index contributed by atoms with van der Waals surface area (Å²) in [6.45, 7) is 18.2. The fourth-order valence-corrected chi connectivity index (χ4v) is 6.65. The van der Waals surface area contributed by atoms with E-state index in [1.807, 2.05) is 0 Å². The third-order valence-electron chi connectivity index (χ3n) is 10.5. The number of hydrogen-bond donors (Lipinski definition) is 0. The summed E-state index contributed by atoms with van der Waals surface area (Å²) in [6, 6.07) is 8.47. The van der Waals surface area contributed by atoms with Gasteiger partial charge in [0.05, 0.1) is 152 Å². The van der Waals surface area contributed by atoms with E-state index in [1.54, 1.807) is 0 Å². The van der Waals surface area contributed by atoms with Crippen LogP contribution in [0.5, 0.6) is 5.75 Å². The van der Waals surface area contributed by atoms with Gasteiger partial charge in [-0.15, -0.1) is 0 Å². The highest BCUT2D eigenvalue weighted by Gasteiger charge is 2.00. The van der Waals surface area contributed by atoms with Crippen LogP contribution in [0, 0.1) is 0 Å². The Morgan fingerprint density at radius 2 is 0.462 bits per heavy atom. The average molecular weight is 931 g/mol. The van der Waals surface area contributed by atoms with Gasteiger partial charge in [0.2, 0.25) is 0 Å². The molecule has 0 saturated heterocycles. The molecule has 0 aliphatic rings. The molecule has 0 aliphatic carbocycles. The van der Waals surface area contributed by atoms with Crippen LogP contribution in [0.1, 0.15) is 135 Å². The molecule has 0 aliphatic heterocycles. The zero-order valence-corrected chi connectivity index (χ0v) is 41.7. The molecule has 0 atom stereocenters. The lowest BCUT2D eigenvalue weighted by Crippen LogP contribution is -2.15. The summed E-state index contributed by atoms with van der Waals surface area (Å²) in [5.41, 5.74) is 1.38. The minimum absolute atomic E-state index is 0.512. The van der Waals surface area contributed by atoms with Crippen molar-refractivity contribution < 1.29 is 61.6 Å². The third kappa shape index (κ3) is 50.2. The summed E-state index contributed by atoms with van der Waals surface area (Å²) >= 11 is 0. The van der Waals surface area contributed by atoms with Crippen LogP contribution < -0.4 is 4.74 Å². The molecule has 0 aromatic heterocycles. The van der Waals surface area contributed by atoms with Gasteiger partial charge in [-0.1, -0.05) is 129 Å². The summed E-state index contributed by atoms with van der Waals surface area (Å²) < 4.78 is 72.6. The fraction of sp³-hybridized carbons (Fsp3) is 0.885. The Morgan fingerprint density at radius 1 is 0.231 bits per heavy atom. The molecule has 0 radical (unpaired) electrons. The molecule has 384 valence electrons. The van der Waals surface area contributed by atoms with Gasteiger partial charge in [-0.2, -0.15) is 0 Å². The topological polar surface area (TPSA) is 120 Å². The molecular weight excluding hydrogens is 833 g/mol. The maximum Gasteiger partial charge on any atom is 0.119 e. The van der Waals surface area contributed by atoms with E-state index in [9.17, 15) is 0 Å². The van der Waals surface area contributed by atoms with Crippen molar-refractivity contribution in [3.8, 4) is 5.75 Å². The van der Waals surface area contributed by atoms with Crippen LogP contribution in [0.15, 0.2) is 24.3 Å². The van der Waals surface area contributed by atoms with Gasteiger partial charge >= 0.3 is 0 Å². The summed E-state index contributed by atoms with van der Waals surface area (Å²) in [7, 11) is 0. The standard InChI is InChI=1S/C52H98O13/c1-3-5-7-9-11-12-13-14-16-18-20-26-53-27-28-54-29-30-55-31-32-56-33-34-57-35-36-58-37-38-59-39-40-60-41-42-61-43-44-62-45-46-63-47-48-64-49-50-65-52-24-22-51(23-25-52)21-19-17-15-10-8-6-4-2/h22-25H,3-21,26-50H2,1-2H3. The Morgan fingerprint density at radius 3 is 0.754 bits per heavy atom. The van der Waals surface area contributed by atoms with Gasteiger partial charge in [0.1, 0.15) is 12.4 Å². The van der Waals surface area contributed by atoms with Crippen LogP contribution in [0.2, 0.25) is 0 Å². The monoisotopic (exact) mass is 931 g/mol. The molecular formula is C52H98O13. The van der Waals surface area contributed by atoms with E-state index in [0.29, 0.717) is 159 Å². The van der Waals surface area contributed by atoms with Crippen molar-refractivity contribution >= 4 is 0 Å². The maximum absolute atomic E-state index is 5.80. The Hall–Kier alpha value is -1.46. The quantitative estimate of drug-likeness (QED) is 0.0577.